The van der Waals surface area contributed by atoms with Crippen molar-refractivity contribution in [3.63, 3.8) is 0 Å². The van der Waals surface area contributed by atoms with Crippen molar-refractivity contribution in [2.24, 2.45) is 23.0 Å². The molecule has 0 radical (unpaired) electrons. The summed E-state index contributed by atoms with van der Waals surface area (Å²) in [7, 11) is 0. The molecule has 1 fully saturated rings. The molecule has 0 saturated heterocycles. The minimum absolute atomic E-state index is 0.345. The summed E-state index contributed by atoms with van der Waals surface area (Å²) >= 11 is 6.07. The maximum atomic E-state index is 6.34. The van der Waals surface area contributed by atoms with Crippen LogP contribution in [-0.4, -0.2) is 6.04 Å². The Hall–Kier alpha value is -0.530. The van der Waals surface area contributed by atoms with E-state index >= 15 is 0 Å². The first-order valence-corrected chi connectivity index (χ1v) is 7.74. The number of nitrogens with two attached hydrogens (primary N) is 1. The highest BCUT2D eigenvalue weighted by Crippen LogP contribution is 2.40. The second-order valence-electron chi connectivity index (χ2n) is 7.13. The van der Waals surface area contributed by atoms with Gasteiger partial charge in [0.25, 0.3) is 0 Å². The molecule has 2 rings (SSSR count). The summed E-state index contributed by atoms with van der Waals surface area (Å²) in [6.45, 7) is 7.06. The Morgan fingerprint density at radius 1 is 1.26 bits per heavy atom. The molecular formula is C17H26ClN. The number of benzene rings is 1. The summed E-state index contributed by atoms with van der Waals surface area (Å²) in [5, 5.41) is 0.828. The number of hydrogen-bond acceptors (Lipinski definition) is 1. The molecule has 2 heteroatoms. The van der Waals surface area contributed by atoms with Gasteiger partial charge in [-0.05, 0) is 60.6 Å². The highest BCUT2D eigenvalue weighted by atomic mass is 35.5. The zero-order chi connectivity index (χ0) is 14.0. The lowest BCUT2D eigenvalue weighted by Crippen LogP contribution is -2.40. The van der Waals surface area contributed by atoms with Gasteiger partial charge in [0.2, 0.25) is 0 Å². The van der Waals surface area contributed by atoms with E-state index in [4.69, 9.17) is 17.3 Å². The Morgan fingerprint density at radius 3 is 2.63 bits per heavy atom. The summed E-state index contributed by atoms with van der Waals surface area (Å²) < 4.78 is 0. The fraction of sp³-hybridized carbons (Fsp3) is 0.647. The van der Waals surface area contributed by atoms with Gasteiger partial charge in [0.05, 0.1) is 0 Å². The van der Waals surface area contributed by atoms with Crippen LogP contribution in [-0.2, 0) is 6.42 Å². The molecule has 0 aromatic heterocycles. The largest absolute Gasteiger partial charge is 0.327 e. The lowest BCUT2D eigenvalue weighted by molar-refractivity contribution is 0.127. The van der Waals surface area contributed by atoms with Crippen LogP contribution in [0.25, 0.3) is 0 Å². The first-order chi connectivity index (χ1) is 8.86. The average Bonchev–Trinajstić information content (AvgIpc) is 2.30. The molecule has 0 amide bonds. The van der Waals surface area contributed by atoms with E-state index in [0.29, 0.717) is 17.4 Å². The van der Waals surface area contributed by atoms with Gasteiger partial charge in [0.15, 0.2) is 0 Å². The predicted octanol–water partition coefficient (Wildman–Crippen LogP) is 4.67. The predicted molar refractivity (Wildman–Crippen MR) is 83.4 cm³/mol. The fourth-order valence-electron chi connectivity index (χ4n) is 3.28. The van der Waals surface area contributed by atoms with Gasteiger partial charge in [-0.1, -0.05) is 44.5 Å². The molecule has 0 heterocycles. The fourth-order valence-corrected chi connectivity index (χ4v) is 3.49. The number of rotatable bonds is 2. The van der Waals surface area contributed by atoms with Gasteiger partial charge >= 0.3 is 0 Å². The van der Waals surface area contributed by atoms with Gasteiger partial charge in [-0.2, -0.15) is 0 Å². The van der Waals surface area contributed by atoms with Crippen molar-refractivity contribution in [1.82, 2.24) is 0 Å². The van der Waals surface area contributed by atoms with Crippen LogP contribution in [0, 0.1) is 17.3 Å². The highest BCUT2D eigenvalue weighted by molar-refractivity contribution is 6.30. The maximum absolute atomic E-state index is 6.34. The maximum Gasteiger partial charge on any atom is 0.0408 e. The monoisotopic (exact) mass is 279 g/mol. The van der Waals surface area contributed by atoms with Crippen molar-refractivity contribution < 1.29 is 0 Å². The van der Waals surface area contributed by atoms with Crippen molar-refractivity contribution in [3.05, 3.63) is 34.9 Å². The molecule has 1 aromatic rings. The molecular weight excluding hydrogens is 254 g/mol. The zero-order valence-electron chi connectivity index (χ0n) is 12.3. The standard InChI is InChI=1S/C17H26ClN/c1-17(2,3)14-7-8-16(19)13(11-14)9-12-5-4-6-15(18)10-12/h4-6,10,13-14,16H,7-9,11,19H2,1-3H3. The number of hydrogen-bond donors (Lipinski definition) is 1. The molecule has 1 saturated carbocycles. The topological polar surface area (TPSA) is 26.0 Å². The van der Waals surface area contributed by atoms with E-state index in [9.17, 15) is 0 Å². The van der Waals surface area contributed by atoms with E-state index in [0.717, 1.165) is 23.8 Å². The molecule has 0 spiro atoms. The third kappa shape index (κ3) is 3.97. The van der Waals surface area contributed by atoms with Crippen molar-refractivity contribution in [3.8, 4) is 0 Å². The van der Waals surface area contributed by atoms with Gasteiger partial charge in [-0.25, -0.2) is 0 Å². The highest BCUT2D eigenvalue weighted by Gasteiger charge is 2.34. The minimum atomic E-state index is 0.345. The van der Waals surface area contributed by atoms with E-state index in [1.165, 1.54) is 18.4 Å². The van der Waals surface area contributed by atoms with E-state index in [1.807, 2.05) is 12.1 Å². The third-order valence-electron chi connectivity index (χ3n) is 4.65. The smallest absolute Gasteiger partial charge is 0.0408 e. The summed E-state index contributed by atoms with van der Waals surface area (Å²) in [6, 6.07) is 8.56. The summed E-state index contributed by atoms with van der Waals surface area (Å²) in [5.74, 6) is 1.38. The molecule has 0 bridgehead atoms. The van der Waals surface area contributed by atoms with Crippen LogP contribution in [0.4, 0.5) is 0 Å². The van der Waals surface area contributed by atoms with Crippen molar-refractivity contribution in [2.75, 3.05) is 0 Å². The summed E-state index contributed by atoms with van der Waals surface area (Å²) in [6.07, 6.45) is 4.75. The molecule has 2 N–H and O–H groups in total. The molecule has 1 nitrogen and oxygen atoms in total. The quantitative estimate of drug-likeness (QED) is 0.836. The second-order valence-corrected chi connectivity index (χ2v) is 7.57. The first-order valence-electron chi connectivity index (χ1n) is 7.36. The van der Waals surface area contributed by atoms with Gasteiger partial charge in [-0.3, -0.25) is 0 Å². The SMILES string of the molecule is CC(C)(C)C1CCC(N)C(Cc2cccc(Cl)c2)C1. The van der Waals surface area contributed by atoms with E-state index in [-0.39, 0.29) is 0 Å². The lowest BCUT2D eigenvalue weighted by Gasteiger charge is -2.40. The Bertz CT molecular complexity index is 422. The normalized spacial score (nSPS) is 28.4. The van der Waals surface area contributed by atoms with E-state index in [1.54, 1.807) is 0 Å². The van der Waals surface area contributed by atoms with Crippen LogP contribution in [0.3, 0.4) is 0 Å². The van der Waals surface area contributed by atoms with Crippen molar-refractivity contribution in [2.45, 2.75) is 52.5 Å². The molecule has 3 unspecified atom stereocenters. The molecule has 1 aliphatic rings. The van der Waals surface area contributed by atoms with Crippen LogP contribution in [0.15, 0.2) is 24.3 Å². The van der Waals surface area contributed by atoms with Crippen LogP contribution in [0.5, 0.6) is 0 Å². The van der Waals surface area contributed by atoms with Crippen LogP contribution in [0.2, 0.25) is 5.02 Å². The Balaban J connectivity index is 2.05. The average molecular weight is 280 g/mol. The summed E-state index contributed by atoms with van der Waals surface area (Å²) in [5.41, 5.74) is 8.05. The lowest BCUT2D eigenvalue weighted by atomic mass is 9.66. The Kier molecular flexibility index (Phi) is 4.58. The minimum Gasteiger partial charge on any atom is -0.327 e. The van der Waals surface area contributed by atoms with Crippen LogP contribution in [0.1, 0.15) is 45.6 Å². The van der Waals surface area contributed by atoms with Gasteiger partial charge in [-0.15, -0.1) is 0 Å². The Labute approximate surface area is 122 Å². The van der Waals surface area contributed by atoms with Gasteiger partial charge < -0.3 is 5.73 Å². The van der Waals surface area contributed by atoms with Gasteiger partial charge in [0, 0.05) is 11.1 Å². The summed E-state index contributed by atoms with van der Waals surface area (Å²) in [4.78, 5) is 0. The zero-order valence-corrected chi connectivity index (χ0v) is 13.1. The van der Waals surface area contributed by atoms with Gasteiger partial charge in [0.1, 0.15) is 0 Å². The van der Waals surface area contributed by atoms with Crippen molar-refractivity contribution in [1.29, 1.82) is 0 Å². The van der Waals surface area contributed by atoms with Crippen molar-refractivity contribution >= 4 is 11.6 Å². The Morgan fingerprint density at radius 2 is 2.00 bits per heavy atom. The van der Waals surface area contributed by atoms with E-state index < -0.39 is 0 Å². The molecule has 1 aromatic carbocycles. The number of halogens is 1. The molecule has 3 atom stereocenters. The van der Waals surface area contributed by atoms with Crippen LogP contribution >= 0.6 is 11.6 Å². The molecule has 1 aliphatic carbocycles. The molecule has 106 valence electrons. The molecule has 0 aliphatic heterocycles. The first kappa shape index (κ1) is 14.9. The van der Waals surface area contributed by atoms with E-state index in [2.05, 4.69) is 32.9 Å². The third-order valence-corrected chi connectivity index (χ3v) is 4.89. The van der Waals surface area contributed by atoms with Crippen LogP contribution < -0.4 is 5.73 Å². The second kappa shape index (κ2) is 5.85. The molecule has 19 heavy (non-hydrogen) atoms.